The highest BCUT2D eigenvalue weighted by Crippen LogP contribution is 2.43. The summed E-state index contributed by atoms with van der Waals surface area (Å²) in [4.78, 5) is 29.6. The molecule has 0 aliphatic carbocycles. The number of esters is 1. The summed E-state index contributed by atoms with van der Waals surface area (Å²) in [5, 5.41) is 0.983. The number of likely N-dealkylation sites (tertiary alicyclic amines) is 1. The molecular formula is C21H27N3O3. The van der Waals surface area contributed by atoms with Crippen LogP contribution in [0, 0.1) is 5.41 Å². The highest BCUT2D eigenvalue weighted by atomic mass is 16.6. The Morgan fingerprint density at radius 1 is 1.26 bits per heavy atom. The lowest BCUT2D eigenvalue weighted by Crippen LogP contribution is -2.45. The number of hydrogen-bond acceptors (Lipinski definition) is 4. The molecule has 1 atom stereocenters. The summed E-state index contributed by atoms with van der Waals surface area (Å²) in [6, 6.07) is 7.96. The monoisotopic (exact) mass is 369 g/mol. The van der Waals surface area contributed by atoms with Gasteiger partial charge in [0.2, 0.25) is 0 Å². The molecule has 2 aromatic rings. The number of para-hydroxylation sites is 1. The average Bonchev–Trinajstić information content (AvgIpc) is 3.12. The topological polar surface area (TPSA) is 54.8 Å². The fraction of sp³-hybridized carbons (Fsp3) is 0.524. The van der Waals surface area contributed by atoms with E-state index >= 15 is 0 Å². The number of piperidine rings is 1. The van der Waals surface area contributed by atoms with Gasteiger partial charge in [-0.25, -0.2) is 0 Å². The predicted octanol–water partition coefficient (Wildman–Crippen LogP) is 2.28. The first-order chi connectivity index (χ1) is 12.9. The zero-order chi connectivity index (χ0) is 19.2. The molecule has 2 fully saturated rings. The number of amides is 1. The number of likely N-dealkylation sites (N-methyl/N-ethyl adjacent to an activating group) is 1. The first kappa shape index (κ1) is 18.0. The molecule has 2 saturated heterocycles. The molecule has 3 heterocycles. The van der Waals surface area contributed by atoms with Crippen molar-refractivity contribution in [3.63, 3.8) is 0 Å². The van der Waals surface area contributed by atoms with Gasteiger partial charge < -0.3 is 19.1 Å². The minimum atomic E-state index is -0.407. The van der Waals surface area contributed by atoms with Crippen molar-refractivity contribution in [2.75, 3.05) is 33.7 Å². The van der Waals surface area contributed by atoms with Crippen molar-refractivity contribution in [3.8, 4) is 0 Å². The van der Waals surface area contributed by atoms with Crippen LogP contribution in [0.4, 0.5) is 0 Å². The van der Waals surface area contributed by atoms with E-state index in [1.54, 1.807) is 0 Å². The summed E-state index contributed by atoms with van der Waals surface area (Å²) in [7, 11) is 5.94. The second-order valence-electron chi connectivity index (χ2n) is 8.24. The summed E-state index contributed by atoms with van der Waals surface area (Å²) >= 11 is 0. The number of ether oxygens (including phenoxy) is 1. The number of benzene rings is 1. The maximum Gasteiger partial charge on any atom is 0.312 e. The average molecular weight is 369 g/mol. The van der Waals surface area contributed by atoms with Gasteiger partial charge in [-0.05, 0) is 33.0 Å². The summed E-state index contributed by atoms with van der Waals surface area (Å²) in [6.45, 7) is 1.96. The number of aromatic nitrogens is 1. The zero-order valence-corrected chi connectivity index (χ0v) is 16.3. The maximum atomic E-state index is 13.1. The smallest absolute Gasteiger partial charge is 0.312 e. The molecule has 27 heavy (non-hydrogen) atoms. The molecule has 0 N–H and O–H groups in total. The molecular weight excluding hydrogens is 342 g/mol. The third kappa shape index (κ3) is 3.12. The number of hydrogen-bond donors (Lipinski definition) is 0. The lowest BCUT2D eigenvalue weighted by molar-refractivity contribution is -0.150. The number of carbonyl (C=O) groups is 2. The van der Waals surface area contributed by atoms with Gasteiger partial charge in [0.15, 0.2) is 0 Å². The van der Waals surface area contributed by atoms with Crippen LogP contribution in [0.3, 0.4) is 0 Å². The Morgan fingerprint density at radius 3 is 2.67 bits per heavy atom. The zero-order valence-electron chi connectivity index (χ0n) is 16.3. The number of aryl methyl sites for hydroxylation is 1. The number of nitrogens with zero attached hydrogens (tertiary/aromatic N) is 3. The summed E-state index contributed by atoms with van der Waals surface area (Å²) in [5.74, 6) is -0.0236. The van der Waals surface area contributed by atoms with Gasteiger partial charge in [0, 0.05) is 50.2 Å². The van der Waals surface area contributed by atoms with E-state index in [1.165, 1.54) is 0 Å². The molecule has 1 aromatic heterocycles. The van der Waals surface area contributed by atoms with E-state index in [0.29, 0.717) is 25.9 Å². The van der Waals surface area contributed by atoms with E-state index < -0.39 is 5.41 Å². The number of rotatable bonds is 3. The minimum absolute atomic E-state index is 0.0344. The van der Waals surface area contributed by atoms with Crippen molar-refractivity contribution in [2.45, 2.75) is 25.4 Å². The quantitative estimate of drug-likeness (QED) is 0.779. The summed E-state index contributed by atoms with van der Waals surface area (Å²) in [5.41, 5.74) is 1.39. The molecule has 144 valence electrons. The van der Waals surface area contributed by atoms with E-state index in [-0.39, 0.29) is 18.0 Å². The van der Waals surface area contributed by atoms with Crippen molar-refractivity contribution in [1.82, 2.24) is 14.4 Å². The second kappa shape index (κ2) is 6.68. The van der Waals surface area contributed by atoms with Crippen molar-refractivity contribution in [3.05, 3.63) is 36.0 Å². The third-order valence-corrected chi connectivity index (χ3v) is 6.03. The number of carbonyl (C=O) groups excluding carboxylic acids is 2. The molecule has 0 bridgehead atoms. The standard InChI is InChI=1S/C21H27N3O3/c1-22(2)13-15-12-21(20(26)27-15)8-10-24(11-9-21)19(25)17-14-23(3)18-7-5-4-6-16(17)18/h4-7,14-15H,8-13H2,1-3H3. The highest BCUT2D eigenvalue weighted by Gasteiger charge is 2.50. The molecule has 4 rings (SSSR count). The Hall–Kier alpha value is -2.34. The first-order valence-electron chi connectivity index (χ1n) is 9.59. The molecule has 1 unspecified atom stereocenters. The fourth-order valence-corrected chi connectivity index (χ4v) is 4.57. The van der Waals surface area contributed by atoms with E-state index in [4.69, 9.17) is 4.74 Å². The normalized spacial score (nSPS) is 22.0. The van der Waals surface area contributed by atoms with Crippen molar-refractivity contribution >= 4 is 22.8 Å². The predicted molar refractivity (Wildman–Crippen MR) is 104 cm³/mol. The van der Waals surface area contributed by atoms with Gasteiger partial charge in [-0.3, -0.25) is 9.59 Å². The second-order valence-corrected chi connectivity index (χ2v) is 8.24. The molecule has 2 aliphatic rings. The van der Waals surface area contributed by atoms with Gasteiger partial charge in [0.1, 0.15) is 6.10 Å². The molecule has 1 aromatic carbocycles. The fourth-order valence-electron chi connectivity index (χ4n) is 4.57. The molecule has 1 spiro atoms. The van der Waals surface area contributed by atoms with Gasteiger partial charge in [0.25, 0.3) is 5.91 Å². The lowest BCUT2D eigenvalue weighted by atomic mass is 9.76. The highest BCUT2D eigenvalue weighted by molar-refractivity contribution is 6.07. The number of cyclic esters (lactones) is 1. The van der Waals surface area contributed by atoms with Crippen molar-refractivity contribution in [2.24, 2.45) is 12.5 Å². The van der Waals surface area contributed by atoms with E-state index in [1.807, 2.05) is 61.1 Å². The Bertz CT molecular complexity index is 878. The molecule has 6 nitrogen and oxygen atoms in total. The van der Waals surface area contributed by atoms with Crippen LogP contribution >= 0.6 is 0 Å². The lowest BCUT2D eigenvalue weighted by Gasteiger charge is -2.36. The maximum absolute atomic E-state index is 13.1. The first-order valence-corrected chi connectivity index (χ1v) is 9.59. The number of fused-ring (bicyclic) bond motifs is 1. The van der Waals surface area contributed by atoms with Gasteiger partial charge in [-0.1, -0.05) is 18.2 Å². The summed E-state index contributed by atoms with van der Waals surface area (Å²) in [6.07, 6.45) is 4.01. The van der Waals surface area contributed by atoms with E-state index in [2.05, 4.69) is 4.90 Å². The van der Waals surface area contributed by atoms with Crippen LogP contribution in [0.5, 0.6) is 0 Å². The van der Waals surface area contributed by atoms with Crippen LogP contribution in [0.1, 0.15) is 29.6 Å². The van der Waals surface area contributed by atoms with Crippen LogP contribution in [-0.2, 0) is 16.6 Å². The van der Waals surface area contributed by atoms with Crippen LogP contribution < -0.4 is 0 Å². The minimum Gasteiger partial charge on any atom is -0.461 e. The largest absolute Gasteiger partial charge is 0.461 e. The van der Waals surface area contributed by atoms with Crippen LogP contribution in [0.25, 0.3) is 10.9 Å². The van der Waals surface area contributed by atoms with Crippen LogP contribution in [0.15, 0.2) is 30.5 Å². The van der Waals surface area contributed by atoms with E-state index in [9.17, 15) is 9.59 Å². The van der Waals surface area contributed by atoms with Gasteiger partial charge in [0.05, 0.1) is 11.0 Å². The van der Waals surface area contributed by atoms with Gasteiger partial charge in [-0.15, -0.1) is 0 Å². The Morgan fingerprint density at radius 2 is 1.96 bits per heavy atom. The third-order valence-electron chi connectivity index (χ3n) is 6.03. The van der Waals surface area contributed by atoms with E-state index in [0.717, 1.165) is 29.4 Å². The Balaban J connectivity index is 1.48. The Kier molecular flexibility index (Phi) is 4.46. The van der Waals surface area contributed by atoms with Gasteiger partial charge in [-0.2, -0.15) is 0 Å². The SMILES string of the molecule is CN(C)CC1CC2(CCN(C(=O)c3cn(C)c4ccccc34)CC2)C(=O)O1. The van der Waals surface area contributed by atoms with Crippen molar-refractivity contribution < 1.29 is 14.3 Å². The summed E-state index contributed by atoms with van der Waals surface area (Å²) < 4.78 is 7.61. The van der Waals surface area contributed by atoms with Crippen molar-refractivity contribution in [1.29, 1.82) is 0 Å². The molecule has 6 heteroatoms. The molecule has 0 radical (unpaired) electrons. The Labute approximate surface area is 159 Å². The molecule has 0 saturated carbocycles. The van der Waals surface area contributed by atoms with Crippen LogP contribution in [0.2, 0.25) is 0 Å². The molecule has 1 amide bonds. The van der Waals surface area contributed by atoms with Crippen LogP contribution in [-0.4, -0.2) is 66.1 Å². The van der Waals surface area contributed by atoms with Gasteiger partial charge >= 0.3 is 5.97 Å². The molecule has 2 aliphatic heterocycles.